The van der Waals surface area contributed by atoms with Crippen molar-refractivity contribution in [3.8, 4) is 5.75 Å². The summed E-state index contributed by atoms with van der Waals surface area (Å²) in [6, 6.07) is 12.7. The second kappa shape index (κ2) is 11.1. The summed E-state index contributed by atoms with van der Waals surface area (Å²) < 4.78 is 11.4. The molecule has 8 nitrogen and oxygen atoms in total. The van der Waals surface area contributed by atoms with Crippen LogP contribution in [0.5, 0.6) is 5.75 Å². The number of hydrogen-bond acceptors (Lipinski definition) is 8. The number of amides is 1. The summed E-state index contributed by atoms with van der Waals surface area (Å²) >= 11 is 4.38. The fraction of sp³-hybridized carbons (Fsp3) is 0.185. The molecule has 3 aromatic rings. The van der Waals surface area contributed by atoms with Crippen LogP contribution in [0, 0.1) is 6.92 Å². The number of aryl methyl sites for hydroxylation is 1. The molecule has 0 spiro atoms. The van der Waals surface area contributed by atoms with E-state index >= 15 is 0 Å². The van der Waals surface area contributed by atoms with Crippen molar-refractivity contribution in [1.82, 2.24) is 4.98 Å². The van der Waals surface area contributed by atoms with E-state index in [-0.39, 0.29) is 27.9 Å². The molecule has 1 atom stereocenters. The molecular formula is C27H23BrN2O6S. The number of aliphatic hydroxyl groups is 1. The monoisotopic (exact) mass is 582 g/mol. The lowest BCUT2D eigenvalue weighted by Gasteiger charge is -2.23. The van der Waals surface area contributed by atoms with Gasteiger partial charge in [0.2, 0.25) is 0 Å². The number of aromatic nitrogens is 1. The van der Waals surface area contributed by atoms with Gasteiger partial charge in [0, 0.05) is 10.0 Å². The van der Waals surface area contributed by atoms with Crippen LogP contribution >= 0.6 is 27.3 Å². The lowest BCUT2D eigenvalue weighted by Crippen LogP contribution is -2.29. The van der Waals surface area contributed by atoms with Crippen LogP contribution in [0.1, 0.15) is 39.5 Å². The molecule has 1 aromatic heterocycles. The Morgan fingerprint density at radius 3 is 2.70 bits per heavy atom. The number of aliphatic hydroxyl groups excluding tert-OH is 1. The zero-order chi connectivity index (χ0) is 26.7. The lowest BCUT2D eigenvalue weighted by atomic mass is 9.95. The first-order valence-corrected chi connectivity index (χ1v) is 12.9. The highest BCUT2D eigenvalue weighted by atomic mass is 79.9. The van der Waals surface area contributed by atoms with Gasteiger partial charge in [0.05, 0.1) is 23.9 Å². The number of carbonyl (C=O) groups excluding carboxylic acids is 3. The van der Waals surface area contributed by atoms with Crippen molar-refractivity contribution in [2.75, 3.05) is 18.1 Å². The molecule has 1 aliphatic rings. The van der Waals surface area contributed by atoms with Crippen LogP contribution in [0.3, 0.4) is 0 Å². The number of halogens is 1. The van der Waals surface area contributed by atoms with Gasteiger partial charge in [-0.15, -0.1) is 0 Å². The van der Waals surface area contributed by atoms with E-state index in [1.54, 1.807) is 49.4 Å². The molecule has 0 saturated carbocycles. The Morgan fingerprint density at radius 2 is 2.00 bits per heavy atom. The molecule has 4 rings (SSSR count). The highest BCUT2D eigenvalue weighted by Gasteiger charge is 2.48. The quantitative estimate of drug-likeness (QED) is 0.121. The number of carbonyl (C=O) groups is 3. The van der Waals surface area contributed by atoms with Crippen molar-refractivity contribution in [1.29, 1.82) is 0 Å². The molecule has 1 unspecified atom stereocenters. The summed E-state index contributed by atoms with van der Waals surface area (Å²) in [5.41, 5.74) is 1.15. The highest BCUT2D eigenvalue weighted by molar-refractivity contribution is 9.10. The third-order valence-electron chi connectivity index (χ3n) is 5.54. The van der Waals surface area contributed by atoms with Crippen LogP contribution in [-0.2, 0) is 14.3 Å². The molecule has 37 heavy (non-hydrogen) atoms. The van der Waals surface area contributed by atoms with Crippen LogP contribution in [0.25, 0.3) is 5.76 Å². The van der Waals surface area contributed by atoms with Gasteiger partial charge in [0.15, 0.2) is 5.13 Å². The van der Waals surface area contributed by atoms with E-state index in [1.165, 1.54) is 11.0 Å². The van der Waals surface area contributed by atoms with Crippen molar-refractivity contribution in [2.24, 2.45) is 0 Å². The topological polar surface area (TPSA) is 106 Å². The molecular weight excluding hydrogens is 560 g/mol. The Kier molecular flexibility index (Phi) is 7.89. The Labute approximate surface area is 226 Å². The van der Waals surface area contributed by atoms with Gasteiger partial charge in [-0.25, -0.2) is 9.78 Å². The maximum atomic E-state index is 13.4. The molecule has 2 aromatic carbocycles. The van der Waals surface area contributed by atoms with Crippen LogP contribution in [0.2, 0.25) is 0 Å². The molecule has 1 fully saturated rings. The fourth-order valence-electron chi connectivity index (χ4n) is 3.95. The van der Waals surface area contributed by atoms with Gasteiger partial charge in [-0.2, -0.15) is 0 Å². The average molecular weight is 583 g/mol. The van der Waals surface area contributed by atoms with E-state index in [0.717, 1.165) is 15.8 Å². The van der Waals surface area contributed by atoms with Gasteiger partial charge in [-0.3, -0.25) is 14.5 Å². The SMILES string of the molecule is C=CCOC(=O)c1sc(N2C(=O)C(=O)C(=C(O)c3cccc(OCC)c3)C2c2cccc(Br)c2)nc1C. The van der Waals surface area contributed by atoms with E-state index in [9.17, 15) is 19.5 Å². The minimum Gasteiger partial charge on any atom is -0.507 e. The number of rotatable bonds is 8. The second-order valence-electron chi connectivity index (χ2n) is 7.98. The first-order chi connectivity index (χ1) is 17.8. The number of nitrogens with zero attached hydrogens (tertiary/aromatic N) is 2. The minimum absolute atomic E-state index is 0.0227. The van der Waals surface area contributed by atoms with Crippen LogP contribution in [0.15, 0.2) is 71.2 Å². The standard InChI is InChI=1S/C27H23BrN2O6S/c1-4-12-36-26(34)24-15(3)29-27(37-24)30-21(16-8-6-10-18(28)13-16)20(23(32)25(30)33)22(31)17-9-7-11-19(14-17)35-5-2/h4,6-11,13-14,21,31H,1,5,12H2,2-3H3. The number of benzene rings is 2. The van der Waals surface area contributed by atoms with E-state index < -0.39 is 23.7 Å². The fourth-order valence-corrected chi connectivity index (χ4v) is 5.36. The number of Topliss-reactive ketones (excluding diaryl/α,β-unsaturated/α-hetero) is 1. The first-order valence-electron chi connectivity index (χ1n) is 11.3. The molecule has 1 N–H and O–H groups in total. The summed E-state index contributed by atoms with van der Waals surface area (Å²) in [7, 11) is 0. The smallest absolute Gasteiger partial charge is 0.350 e. The van der Waals surface area contributed by atoms with Crippen LogP contribution in [-0.4, -0.2) is 41.0 Å². The van der Waals surface area contributed by atoms with E-state index in [1.807, 2.05) is 13.0 Å². The normalized spacial score (nSPS) is 16.6. The molecule has 1 saturated heterocycles. The van der Waals surface area contributed by atoms with Gasteiger partial charge >= 0.3 is 11.9 Å². The Bertz CT molecular complexity index is 1430. The minimum atomic E-state index is -0.990. The van der Waals surface area contributed by atoms with E-state index in [2.05, 4.69) is 27.5 Å². The maximum absolute atomic E-state index is 13.4. The number of hydrogen-bond donors (Lipinski definition) is 1. The second-order valence-corrected chi connectivity index (χ2v) is 9.88. The van der Waals surface area contributed by atoms with Gasteiger partial charge in [-0.05, 0) is 43.7 Å². The average Bonchev–Trinajstić information content (AvgIpc) is 3.39. The van der Waals surface area contributed by atoms with Crippen LogP contribution in [0.4, 0.5) is 5.13 Å². The van der Waals surface area contributed by atoms with Crippen molar-refractivity contribution in [3.63, 3.8) is 0 Å². The maximum Gasteiger partial charge on any atom is 0.350 e. The predicted molar refractivity (Wildman–Crippen MR) is 144 cm³/mol. The van der Waals surface area contributed by atoms with Gasteiger partial charge in [0.1, 0.15) is 23.0 Å². The molecule has 0 bridgehead atoms. The first kappa shape index (κ1) is 26.3. The number of ether oxygens (including phenoxy) is 2. The summed E-state index contributed by atoms with van der Waals surface area (Å²) in [5.74, 6) is -2.17. The van der Waals surface area contributed by atoms with Gasteiger partial charge in [0.25, 0.3) is 5.78 Å². The van der Waals surface area contributed by atoms with Gasteiger partial charge < -0.3 is 14.6 Å². The third-order valence-corrected chi connectivity index (χ3v) is 7.17. The van der Waals surface area contributed by atoms with E-state index in [4.69, 9.17) is 9.47 Å². The molecule has 2 heterocycles. The molecule has 10 heteroatoms. The van der Waals surface area contributed by atoms with E-state index in [0.29, 0.717) is 29.2 Å². The summed E-state index contributed by atoms with van der Waals surface area (Å²) in [4.78, 5) is 45.1. The van der Waals surface area contributed by atoms with Crippen LogP contribution < -0.4 is 9.64 Å². The molecule has 1 aliphatic heterocycles. The third kappa shape index (κ3) is 5.21. The summed E-state index contributed by atoms with van der Waals surface area (Å²) in [5, 5.41) is 11.5. The molecule has 1 amide bonds. The number of ketones is 1. The van der Waals surface area contributed by atoms with Crippen molar-refractivity contribution in [3.05, 3.63) is 92.9 Å². The zero-order valence-corrected chi connectivity index (χ0v) is 22.5. The number of anilines is 1. The Balaban J connectivity index is 1.88. The highest BCUT2D eigenvalue weighted by Crippen LogP contribution is 2.44. The zero-order valence-electron chi connectivity index (χ0n) is 20.1. The Morgan fingerprint density at radius 1 is 1.24 bits per heavy atom. The Hall–Kier alpha value is -3.76. The molecule has 190 valence electrons. The summed E-state index contributed by atoms with van der Waals surface area (Å²) in [6.07, 6.45) is 1.45. The molecule has 0 radical (unpaired) electrons. The van der Waals surface area contributed by atoms with Crippen molar-refractivity contribution in [2.45, 2.75) is 19.9 Å². The summed E-state index contributed by atoms with van der Waals surface area (Å²) in [6.45, 7) is 7.43. The largest absolute Gasteiger partial charge is 0.507 e. The lowest BCUT2D eigenvalue weighted by molar-refractivity contribution is -0.132. The van der Waals surface area contributed by atoms with Crippen molar-refractivity contribution < 1.29 is 29.0 Å². The molecule has 0 aliphatic carbocycles. The number of esters is 1. The number of thiazole rings is 1. The predicted octanol–water partition coefficient (Wildman–Crippen LogP) is 5.58. The van der Waals surface area contributed by atoms with Crippen molar-refractivity contribution >= 4 is 55.8 Å². The van der Waals surface area contributed by atoms with Gasteiger partial charge in [-0.1, -0.05) is 64.2 Å².